The Hall–Kier alpha value is -2.52. The summed E-state index contributed by atoms with van der Waals surface area (Å²) in [6.45, 7) is 1.79. The van der Waals surface area contributed by atoms with Gasteiger partial charge in [0.2, 0.25) is 5.95 Å². The molecule has 11 heteroatoms. The molecule has 1 fully saturated rings. The zero-order valence-corrected chi connectivity index (χ0v) is 16.6. The number of nitrogen functional groups attached to an aromatic ring is 1. The van der Waals surface area contributed by atoms with Gasteiger partial charge in [0, 0.05) is 18.6 Å². The second kappa shape index (κ2) is 7.72. The minimum absolute atomic E-state index is 0.0527. The number of aliphatic hydroxyl groups excluding tert-OH is 1. The van der Waals surface area contributed by atoms with Gasteiger partial charge >= 0.3 is 7.82 Å². The van der Waals surface area contributed by atoms with E-state index >= 15 is 0 Å². The van der Waals surface area contributed by atoms with E-state index in [2.05, 4.69) is 15.0 Å². The Morgan fingerprint density at radius 3 is 2.79 bits per heavy atom. The number of aromatic nitrogens is 4. The van der Waals surface area contributed by atoms with Crippen molar-refractivity contribution in [2.24, 2.45) is 11.8 Å². The first-order valence-electron chi connectivity index (χ1n) is 9.16. The quantitative estimate of drug-likeness (QED) is 0.490. The molecule has 0 aliphatic heterocycles. The van der Waals surface area contributed by atoms with Gasteiger partial charge in [-0.15, -0.1) is 0 Å². The van der Waals surface area contributed by atoms with Crippen LogP contribution in [-0.2, 0) is 9.09 Å². The van der Waals surface area contributed by atoms with Crippen molar-refractivity contribution < 1.29 is 23.6 Å². The lowest BCUT2D eigenvalue weighted by atomic mass is 9.70. The van der Waals surface area contributed by atoms with Gasteiger partial charge < -0.3 is 19.9 Å². The number of benzene rings is 1. The normalized spacial score (nSPS) is 23.5. The number of aryl methyl sites for hydroxylation is 1. The predicted molar refractivity (Wildman–Crippen MR) is 105 cm³/mol. The van der Waals surface area contributed by atoms with Crippen LogP contribution in [0.2, 0.25) is 0 Å². The molecule has 0 bridgehead atoms. The van der Waals surface area contributed by atoms with Crippen LogP contribution in [0.3, 0.4) is 0 Å². The van der Waals surface area contributed by atoms with Crippen molar-refractivity contribution in [3.05, 3.63) is 42.4 Å². The minimum Gasteiger partial charge on any atom is -0.404 e. The van der Waals surface area contributed by atoms with Gasteiger partial charge in [0.1, 0.15) is 11.3 Å². The lowest BCUT2D eigenvalue weighted by Crippen LogP contribution is -2.43. The summed E-state index contributed by atoms with van der Waals surface area (Å²) in [4.78, 5) is 22.5. The third-order valence-corrected chi connectivity index (χ3v) is 6.16. The maximum absolute atomic E-state index is 12.4. The summed E-state index contributed by atoms with van der Waals surface area (Å²) < 4.78 is 24.6. The molecule has 10 nitrogen and oxygen atoms in total. The Morgan fingerprint density at radius 1 is 1.31 bits per heavy atom. The fraction of sp³-hybridized carbons (Fsp3) is 0.389. The molecular weight excluding hydrogens is 397 g/mol. The molecule has 2 aromatic heterocycles. The van der Waals surface area contributed by atoms with E-state index in [1.165, 1.54) is 0 Å². The molecule has 0 saturated heterocycles. The van der Waals surface area contributed by atoms with Crippen LogP contribution in [0.1, 0.15) is 18.0 Å². The molecular formula is C18H22N5O5P. The van der Waals surface area contributed by atoms with Crippen LogP contribution in [0.25, 0.3) is 11.2 Å². The van der Waals surface area contributed by atoms with Gasteiger partial charge in [-0.1, -0.05) is 17.7 Å². The van der Waals surface area contributed by atoms with Crippen molar-refractivity contribution in [3.8, 4) is 5.75 Å². The lowest BCUT2D eigenvalue weighted by molar-refractivity contribution is -0.00476. The van der Waals surface area contributed by atoms with Crippen LogP contribution in [-0.4, -0.2) is 42.7 Å². The molecule has 1 aliphatic carbocycles. The molecule has 1 saturated carbocycles. The van der Waals surface area contributed by atoms with Crippen LogP contribution in [0.4, 0.5) is 5.95 Å². The maximum atomic E-state index is 12.4. The number of hydrogen-bond acceptors (Lipinski definition) is 8. The number of imidazole rings is 1. The minimum atomic E-state index is -4.31. The summed E-state index contributed by atoms with van der Waals surface area (Å²) in [7, 11) is -4.31. The predicted octanol–water partition coefficient (Wildman–Crippen LogP) is 2.08. The van der Waals surface area contributed by atoms with Crippen molar-refractivity contribution in [3.63, 3.8) is 0 Å². The van der Waals surface area contributed by atoms with Gasteiger partial charge in [-0.3, -0.25) is 9.42 Å². The fourth-order valence-corrected chi connectivity index (χ4v) is 4.38. The van der Waals surface area contributed by atoms with E-state index in [1.54, 1.807) is 36.8 Å². The van der Waals surface area contributed by atoms with E-state index in [-0.39, 0.29) is 42.8 Å². The Morgan fingerprint density at radius 2 is 2.07 bits per heavy atom. The molecule has 1 unspecified atom stereocenters. The van der Waals surface area contributed by atoms with E-state index in [9.17, 15) is 14.6 Å². The number of nitrogens with zero attached hydrogens (tertiary/aromatic N) is 4. The molecule has 0 amide bonds. The highest BCUT2D eigenvalue weighted by molar-refractivity contribution is 7.47. The number of nitrogens with two attached hydrogens (primary N) is 1. The Balaban J connectivity index is 1.47. The second-order valence-electron chi connectivity index (χ2n) is 7.17. The lowest BCUT2D eigenvalue weighted by Gasteiger charge is -2.44. The molecule has 4 atom stereocenters. The third kappa shape index (κ3) is 4.11. The van der Waals surface area contributed by atoms with E-state index in [4.69, 9.17) is 14.8 Å². The SMILES string of the molecule is Cc1ccc(OP(=O)(O)OC[C@H]2[C@@H](CO)C[C@H]2n2cnc3cnc(N)nc32)cc1. The highest BCUT2D eigenvalue weighted by Gasteiger charge is 2.44. The van der Waals surface area contributed by atoms with E-state index in [1.807, 2.05) is 11.5 Å². The Kier molecular flexibility index (Phi) is 5.26. The number of phosphoric ester groups is 1. The van der Waals surface area contributed by atoms with Gasteiger partial charge in [0.15, 0.2) is 5.65 Å². The summed E-state index contributed by atoms with van der Waals surface area (Å²) in [5, 5.41) is 9.63. The summed E-state index contributed by atoms with van der Waals surface area (Å²) in [5.74, 6) is 0.0983. The largest absolute Gasteiger partial charge is 0.527 e. The Labute approximate surface area is 167 Å². The van der Waals surface area contributed by atoms with Crippen molar-refractivity contribution in [2.75, 3.05) is 18.9 Å². The highest BCUT2D eigenvalue weighted by atomic mass is 31.2. The smallest absolute Gasteiger partial charge is 0.404 e. The molecule has 4 N–H and O–H groups in total. The van der Waals surface area contributed by atoms with Gasteiger partial charge in [0.05, 0.1) is 19.1 Å². The summed E-state index contributed by atoms with van der Waals surface area (Å²) in [6.07, 6.45) is 3.83. The van der Waals surface area contributed by atoms with Gasteiger partial charge in [-0.05, 0) is 31.4 Å². The first-order chi connectivity index (χ1) is 13.9. The van der Waals surface area contributed by atoms with Crippen LogP contribution >= 0.6 is 7.82 Å². The van der Waals surface area contributed by atoms with Crippen LogP contribution in [0.5, 0.6) is 5.75 Å². The Bertz CT molecular complexity index is 1060. The molecule has 0 spiro atoms. The molecule has 2 heterocycles. The molecule has 1 aromatic carbocycles. The highest BCUT2D eigenvalue weighted by Crippen LogP contribution is 2.50. The van der Waals surface area contributed by atoms with Crippen molar-refractivity contribution in [2.45, 2.75) is 19.4 Å². The number of anilines is 1. The number of phosphoric acid groups is 1. The van der Waals surface area contributed by atoms with Gasteiger partial charge in [0.25, 0.3) is 0 Å². The van der Waals surface area contributed by atoms with E-state index in [0.717, 1.165) is 5.56 Å². The van der Waals surface area contributed by atoms with E-state index < -0.39 is 7.82 Å². The molecule has 29 heavy (non-hydrogen) atoms. The van der Waals surface area contributed by atoms with E-state index in [0.29, 0.717) is 17.6 Å². The third-order valence-electron chi connectivity index (χ3n) is 5.24. The van der Waals surface area contributed by atoms with Crippen molar-refractivity contribution >= 4 is 24.9 Å². The van der Waals surface area contributed by atoms with Crippen molar-refractivity contribution in [1.82, 2.24) is 19.5 Å². The standard InChI is InChI=1S/C18H22N5O5P/c1-11-2-4-13(5-3-11)28-29(25,26)27-9-14-12(8-24)6-16(14)23-10-21-15-7-20-18(19)22-17(15)23/h2-5,7,10,12,14,16,24H,6,8-9H2,1H3,(H,25,26)(H2,19,20,22)/t12-,14+,16-/m1/s1. The molecule has 1 aliphatic rings. The first-order valence-corrected chi connectivity index (χ1v) is 10.7. The number of aliphatic hydroxyl groups is 1. The average Bonchev–Trinajstić information content (AvgIpc) is 3.06. The van der Waals surface area contributed by atoms with Gasteiger partial charge in [-0.25, -0.2) is 14.5 Å². The van der Waals surface area contributed by atoms with Gasteiger partial charge in [-0.2, -0.15) is 4.98 Å². The first kappa shape index (κ1) is 19.8. The number of fused-ring (bicyclic) bond motifs is 1. The zero-order chi connectivity index (χ0) is 20.6. The molecule has 0 radical (unpaired) electrons. The van der Waals surface area contributed by atoms with Crippen LogP contribution in [0.15, 0.2) is 36.8 Å². The topological polar surface area (TPSA) is 146 Å². The van der Waals surface area contributed by atoms with Crippen molar-refractivity contribution in [1.29, 1.82) is 0 Å². The maximum Gasteiger partial charge on any atom is 0.527 e. The fourth-order valence-electron chi connectivity index (χ4n) is 3.58. The summed E-state index contributed by atoms with van der Waals surface area (Å²) in [6, 6.07) is 6.65. The molecule has 3 aromatic rings. The zero-order valence-electron chi connectivity index (χ0n) is 15.8. The average molecular weight is 419 g/mol. The molecule has 4 rings (SSSR count). The molecule has 154 valence electrons. The van der Waals surface area contributed by atoms with Crippen LogP contribution in [0, 0.1) is 18.8 Å². The second-order valence-corrected chi connectivity index (χ2v) is 8.54. The number of rotatable bonds is 7. The summed E-state index contributed by atoms with van der Waals surface area (Å²) >= 11 is 0. The monoisotopic (exact) mass is 419 g/mol. The summed E-state index contributed by atoms with van der Waals surface area (Å²) in [5.41, 5.74) is 7.86. The van der Waals surface area contributed by atoms with Crippen LogP contribution < -0.4 is 10.3 Å². The number of hydrogen-bond donors (Lipinski definition) is 3.